The quantitative estimate of drug-likeness (QED) is 0.787. The van der Waals surface area contributed by atoms with Crippen molar-refractivity contribution in [3.8, 4) is 0 Å². The molecule has 0 radical (unpaired) electrons. The second-order valence-corrected chi connectivity index (χ2v) is 5.00. The molecule has 0 bridgehead atoms. The number of rotatable bonds is 7. The van der Waals surface area contributed by atoms with Crippen LogP contribution < -0.4 is 5.32 Å². The highest BCUT2D eigenvalue weighted by molar-refractivity contribution is 7.13. The Hall–Kier alpha value is -1.10. The van der Waals surface area contributed by atoms with Gasteiger partial charge >= 0.3 is 5.97 Å². The van der Waals surface area contributed by atoms with Crippen LogP contribution in [0.15, 0.2) is 5.38 Å². The van der Waals surface area contributed by atoms with E-state index >= 15 is 0 Å². The van der Waals surface area contributed by atoms with Gasteiger partial charge in [0, 0.05) is 11.9 Å². The number of nitrogens with zero attached hydrogens (tertiary/aromatic N) is 1. The average molecular weight is 256 g/mol. The van der Waals surface area contributed by atoms with Crippen LogP contribution in [-0.4, -0.2) is 22.6 Å². The molecule has 0 aliphatic rings. The van der Waals surface area contributed by atoms with Gasteiger partial charge < -0.3 is 10.4 Å². The molecule has 0 atom stereocenters. The molecule has 0 saturated carbocycles. The van der Waals surface area contributed by atoms with E-state index in [4.69, 9.17) is 0 Å². The van der Waals surface area contributed by atoms with Crippen LogP contribution in [0.25, 0.3) is 0 Å². The number of hydrogen-bond acceptors (Lipinski definition) is 4. The van der Waals surface area contributed by atoms with Gasteiger partial charge in [0.1, 0.15) is 0 Å². The van der Waals surface area contributed by atoms with E-state index < -0.39 is 11.4 Å². The van der Waals surface area contributed by atoms with Crippen molar-refractivity contribution in [2.24, 2.45) is 5.41 Å². The monoisotopic (exact) mass is 256 g/mol. The van der Waals surface area contributed by atoms with E-state index in [9.17, 15) is 9.90 Å². The zero-order valence-electron chi connectivity index (χ0n) is 10.6. The summed E-state index contributed by atoms with van der Waals surface area (Å²) in [6.45, 7) is 6.32. The second-order valence-electron chi connectivity index (χ2n) is 4.14. The molecular formula is C12H20N2O2S. The Morgan fingerprint density at radius 3 is 2.53 bits per heavy atom. The van der Waals surface area contributed by atoms with Crippen molar-refractivity contribution in [1.29, 1.82) is 0 Å². The summed E-state index contributed by atoms with van der Waals surface area (Å²) >= 11 is 1.53. The molecule has 0 amide bonds. The lowest BCUT2D eigenvalue weighted by molar-refractivity contribution is -0.148. The molecule has 0 saturated heterocycles. The van der Waals surface area contributed by atoms with E-state index in [1.54, 1.807) is 0 Å². The molecule has 0 aromatic carbocycles. The molecule has 2 N–H and O–H groups in total. The van der Waals surface area contributed by atoms with Crippen molar-refractivity contribution < 1.29 is 9.90 Å². The van der Waals surface area contributed by atoms with Gasteiger partial charge in [0.2, 0.25) is 0 Å². The zero-order valence-corrected chi connectivity index (χ0v) is 11.4. The van der Waals surface area contributed by atoms with E-state index in [0.29, 0.717) is 19.4 Å². The molecule has 0 unspecified atom stereocenters. The molecule has 1 aromatic heterocycles. The highest BCUT2D eigenvalue weighted by atomic mass is 32.1. The number of thiazole rings is 1. The Morgan fingerprint density at radius 1 is 1.47 bits per heavy atom. The van der Waals surface area contributed by atoms with Crippen molar-refractivity contribution in [2.75, 3.05) is 11.9 Å². The van der Waals surface area contributed by atoms with Gasteiger partial charge in [-0.25, -0.2) is 4.98 Å². The molecule has 4 nitrogen and oxygen atoms in total. The molecule has 0 fully saturated rings. The first kappa shape index (κ1) is 14.0. The number of carboxylic acid groups (broad SMARTS) is 1. The fraction of sp³-hybridized carbons (Fsp3) is 0.667. The van der Waals surface area contributed by atoms with E-state index in [1.165, 1.54) is 11.3 Å². The predicted octanol–water partition coefficient (Wildman–Crippen LogP) is 3.01. The standard InChI is InChI=1S/C12H20N2O2S/c1-4-9-7-17-11(14-9)13-8-12(5-2,6-3)10(15)16/h7H,4-6,8H2,1-3H3,(H,13,14)(H,15,16). The minimum atomic E-state index is -0.734. The van der Waals surface area contributed by atoms with Crippen molar-refractivity contribution in [2.45, 2.75) is 40.0 Å². The summed E-state index contributed by atoms with van der Waals surface area (Å²) in [4.78, 5) is 15.7. The molecule has 5 heteroatoms. The van der Waals surface area contributed by atoms with Crippen LogP contribution in [0.5, 0.6) is 0 Å². The molecule has 1 heterocycles. The SMILES string of the molecule is CCc1csc(NCC(CC)(CC)C(=O)O)n1. The van der Waals surface area contributed by atoms with Crippen LogP contribution in [0.2, 0.25) is 0 Å². The molecule has 96 valence electrons. The maximum absolute atomic E-state index is 11.3. The fourth-order valence-corrected chi connectivity index (χ4v) is 2.47. The van der Waals surface area contributed by atoms with E-state index in [1.807, 2.05) is 19.2 Å². The first-order chi connectivity index (χ1) is 8.07. The molecule has 17 heavy (non-hydrogen) atoms. The number of carbonyl (C=O) groups is 1. The Balaban J connectivity index is 2.66. The molecule has 1 aromatic rings. The van der Waals surface area contributed by atoms with Crippen LogP contribution in [0, 0.1) is 5.41 Å². The minimum Gasteiger partial charge on any atom is -0.481 e. The number of aliphatic carboxylic acids is 1. The van der Waals surface area contributed by atoms with Crippen LogP contribution in [-0.2, 0) is 11.2 Å². The molecule has 0 aliphatic heterocycles. The lowest BCUT2D eigenvalue weighted by Crippen LogP contribution is -2.36. The molecule has 0 spiro atoms. The largest absolute Gasteiger partial charge is 0.481 e. The summed E-state index contributed by atoms with van der Waals surface area (Å²) in [6, 6.07) is 0. The van der Waals surface area contributed by atoms with E-state index in [0.717, 1.165) is 17.2 Å². The lowest BCUT2D eigenvalue weighted by Gasteiger charge is -2.26. The number of nitrogens with one attached hydrogen (secondary N) is 1. The third-order valence-corrected chi connectivity index (χ3v) is 4.15. The number of aromatic nitrogens is 1. The minimum absolute atomic E-state index is 0.437. The maximum atomic E-state index is 11.3. The Morgan fingerprint density at radius 2 is 2.12 bits per heavy atom. The van der Waals surface area contributed by atoms with Crippen molar-refractivity contribution >= 4 is 22.4 Å². The van der Waals surface area contributed by atoms with Crippen LogP contribution in [0.3, 0.4) is 0 Å². The van der Waals surface area contributed by atoms with Gasteiger partial charge in [0.25, 0.3) is 0 Å². The third-order valence-electron chi connectivity index (χ3n) is 3.30. The fourth-order valence-electron chi connectivity index (χ4n) is 1.67. The molecule has 0 aliphatic carbocycles. The topological polar surface area (TPSA) is 62.2 Å². The first-order valence-electron chi connectivity index (χ1n) is 5.99. The summed E-state index contributed by atoms with van der Waals surface area (Å²) in [5.41, 5.74) is 0.365. The average Bonchev–Trinajstić information content (AvgIpc) is 2.78. The second kappa shape index (κ2) is 6.00. The van der Waals surface area contributed by atoms with Gasteiger partial charge in [-0.15, -0.1) is 11.3 Å². The van der Waals surface area contributed by atoms with Crippen LogP contribution >= 0.6 is 11.3 Å². The number of aryl methyl sites for hydroxylation is 1. The van der Waals surface area contributed by atoms with Gasteiger partial charge in [-0.05, 0) is 19.3 Å². The van der Waals surface area contributed by atoms with Crippen molar-refractivity contribution in [3.05, 3.63) is 11.1 Å². The first-order valence-corrected chi connectivity index (χ1v) is 6.87. The predicted molar refractivity (Wildman–Crippen MR) is 70.6 cm³/mol. The summed E-state index contributed by atoms with van der Waals surface area (Å²) in [5.74, 6) is -0.734. The van der Waals surface area contributed by atoms with Gasteiger partial charge in [-0.1, -0.05) is 20.8 Å². The van der Waals surface area contributed by atoms with Crippen molar-refractivity contribution in [1.82, 2.24) is 4.98 Å². The van der Waals surface area contributed by atoms with E-state index in [-0.39, 0.29) is 0 Å². The smallest absolute Gasteiger partial charge is 0.311 e. The van der Waals surface area contributed by atoms with Crippen LogP contribution in [0.1, 0.15) is 39.3 Å². The van der Waals surface area contributed by atoms with Gasteiger partial charge in [0.05, 0.1) is 11.1 Å². The molecular weight excluding hydrogens is 236 g/mol. The Labute approximate surface area is 106 Å². The molecule has 1 rings (SSSR count). The van der Waals surface area contributed by atoms with Gasteiger partial charge in [0.15, 0.2) is 5.13 Å². The summed E-state index contributed by atoms with van der Waals surface area (Å²) in [7, 11) is 0. The van der Waals surface area contributed by atoms with E-state index in [2.05, 4.69) is 17.2 Å². The number of anilines is 1. The highest BCUT2D eigenvalue weighted by Crippen LogP contribution is 2.28. The number of hydrogen-bond donors (Lipinski definition) is 2. The van der Waals surface area contributed by atoms with Gasteiger partial charge in [-0.3, -0.25) is 4.79 Å². The summed E-state index contributed by atoms with van der Waals surface area (Å²) in [6.07, 6.45) is 2.15. The number of carboxylic acids is 1. The van der Waals surface area contributed by atoms with Crippen LogP contribution in [0.4, 0.5) is 5.13 Å². The third kappa shape index (κ3) is 3.19. The van der Waals surface area contributed by atoms with Crippen molar-refractivity contribution in [3.63, 3.8) is 0 Å². The van der Waals surface area contributed by atoms with Gasteiger partial charge in [-0.2, -0.15) is 0 Å². The Bertz CT molecular complexity index is 372. The normalized spacial score (nSPS) is 11.5. The maximum Gasteiger partial charge on any atom is 0.311 e. The highest BCUT2D eigenvalue weighted by Gasteiger charge is 2.34. The summed E-state index contributed by atoms with van der Waals surface area (Å²) in [5, 5.41) is 15.3. The zero-order chi connectivity index (χ0) is 12.9. The Kier molecular flexibility index (Phi) is 4.93. The summed E-state index contributed by atoms with van der Waals surface area (Å²) < 4.78 is 0. The lowest BCUT2D eigenvalue weighted by atomic mass is 9.82.